The van der Waals surface area contributed by atoms with Crippen molar-refractivity contribution < 1.29 is 9.90 Å². The van der Waals surface area contributed by atoms with Gasteiger partial charge in [-0.1, -0.05) is 12.1 Å². The molecule has 0 unspecified atom stereocenters. The maximum Gasteiger partial charge on any atom is 0.345 e. The third-order valence-corrected chi connectivity index (χ3v) is 5.13. The van der Waals surface area contributed by atoms with E-state index in [1.807, 2.05) is 26.2 Å². The van der Waals surface area contributed by atoms with Gasteiger partial charge in [0.05, 0.1) is 11.4 Å². The molecule has 7 nitrogen and oxygen atoms in total. The number of nitrogens with one attached hydrogen (secondary N) is 1. The molecule has 1 amide bonds. The van der Waals surface area contributed by atoms with E-state index in [1.165, 1.54) is 0 Å². The molecule has 0 spiro atoms. The van der Waals surface area contributed by atoms with Gasteiger partial charge in [0, 0.05) is 24.7 Å². The standard InChI is InChI=1S/C24H28N4O3/c1-16-14-19(10-11-22(16)29)21-15-20(25-24(31)26-21)17-6-8-18(9-7-17)23(30)28(4)13-5-12-27(2)3/h6-11,14-15,29H,5,12-13H2,1-4H3,(H,25,26,31). The summed E-state index contributed by atoms with van der Waals surface area (Å²) in [5.41, 5.74) is 3.50. The van der Waals surface area contributed by atoms with E-state index in [2.05, 4.69) is 14.9 Å². The van der Waals surface area contributed by atoms with Crippen LogP contribution in [0.2, 0.25) is 0 Å². The number of hydrogen-bond acceptors (Lipinski definition) is 5. The fourth-order valence-electron chi connectivity index (χ4n) is 3.31. The van der Waals surface area contributed by atoms with Crippen LogP contribution in [0, 0.1) is 6.92 Å². The number of amides is 1. The molecule has 1 aromatic heterocycles. The van der Waals surface area contributed by atoms with Gasteiger partial charge in [-0.05, 0) is 81.5 Å². The van der Waals surface area contributed by atoms with E-state index in [4.69, 9.17) is 0 Å². The highest BCUT2D eigenvalue weighted by atomic mass is 16.3. The molecule has 3 aromatic rings. The van der Waals surface area contributed by atoms with Crippen molar-refractivity contribution >= 4 is 5.91 Å². The summed E-state index contributed by atoms with van der Waals surface area (Å²) in [5, 5.41) is 9.74. The lowest BCUT2D eigenvalue weighted by Crippen LogP contribution is -2.29. The van der Waals surface area contributed by atoms with Gasteiger partial charge in [-0.3, -0.25) is 4.79 Å². The van der Waals surface area contributed by atoms with Crippen LogP contribution < -0.4 is 5.69 Å². The topological polar surface area (TPSA) is 89.5 Å². The number of aromatic hydroxyl groups is 1. The molecular weight excluding hydrogens is 392 g/mol. The number of hydrogen-bond donors (Lipinski definition) is 2. The Kier molecular flexibility index (Phi) is 6.87. The van der Waals surface area contributed by atoms with Gasteiger partial charge >= 0.3 is 5.69 Å². The van der Waals surface area contributed by atoms with Crippen LogP contribution in [-0.4, -0.2) is 65.0 Å². The Bertz CT molecular complexity index is 1120. The SMILES string of the molecule is Cc1cc(-c2cc(-c3ccc(C(=O)N(C)CCCN(C)C)cc3)[nH]c(=O)n2)ccc1O. The van der Waals surface area contributed by atoms with Crippen LogP contribution in [0.4, 0.5) is 0 Å². The Morgan fingerprint density at radius 2 is 1.68 bits per heavy atom. The highest BCUT2D eigenvalue weighted by Gasteiger charge is 2.13. The second kappa shape index (κ2) is 9.57. The molecule has 7 heteroatoms. The minimum Gasteiger partial charge on any atom is -0.508 e. The van der Waals surface area contributed by atoms with Gasteiger partial charge in [0.15, 0.2) is 0 Å². The number of aromatic amines is 1. The van der Waals surface area contributed by atoms with Crippen molar-refractivity contribution in [2.24, 2.45) is 0 Å². The molecule has 3 rings (SSSR count). The summed E-state index contributed by atoms with van der Waals surface area (Å²) in [6.45, 7) is 3.40. The zero-order valence-electron chi connectivity index (χ0n) is 18.3. The van der Waals surface area contributed by atoms with E-state index < -0.39 is 5.69 Å². The van der Waals surface area contributed by atoms with Crippen LogP contribution in [0.15, 0.2) is 53.3 Å². The second-order valence-electron chi connectivity index (χ2n) is 7.95. The van der Waals surface area contributed by atoms with E-state index in [-0.39, 0.29) is 11.7 Å². The number of rotatable bonds is 7. The first-order chi connectivity index (χ1) is 14.7. The first-order valence-electron chi connectivity index (χ1n) is 10.2. The van der Waals surface area contributed by atoms with Gasteiger partial charge < -0.3 is 19.9 Å². The highest BCUT2D eigenvalue weighted by molar-refractivity contribution is 5.94. The molecule has 2 N–H and O–H groups in total. The first-order valence-corrected chi connectivity index (χ1v) is 10.2. The summed E-state index contributed by atoms with van der Waals surface area (Å²) < 4.78 is 0. The lowest BCUT2D eigenvalue weighted by molar-refractivity contribution is 0.0790. The molecule has 1 heterocycles. The Hall–Kier alpha value is -3.45. The Morgan fingerprint density at radius 3 is 2.32 bits per heavy atom. The summed E-state index contributed by atoms with van der Waals surface area (Å²) in [6, 6.07) is 14.1. The zero-order chi connectivity index (χ0) is 22.5. The molecule has 0 atom stereocenters. The van der Waals surface area contributed by atoms with Gasteiger partial charge in [-0.2, -0.15) is 4.98 Å². The molecule has 0 saturated heterocycles. The number of nitrogens with zero attached hydrogens (tertiary/aromatic N) is 3. The van der Waals surface area contributed by atoms with Crippen molar-refractivity contribution in [2.45, 2.75) is 13.3 Å². The molecule has 0 fully saturated rings. The smallest absolute Gasteiger partial charge is 0.345 e. The van der Waals surface area contributed by atoms with Crippen molar-refractivity contribution in [2.75, 3.05) is 34.2 Å². The average Bonchev–Trinajstić information content (AvgIpc) is 2.74. The molecule has 0 aliphatic heterocycles. The predicted octanol–water partition coefficient (Wildman–Crippen LogP) is 3.14. The summed E-state index contributed by atoms with van der Waals surface area (Å²) in [4.78, 5) is 35.4. The number of carbonyl (C=O) groups excluding carboxylic acids is 1. The lowest BCUT2D eigenvalue weighted by Gasteiger charge is -2.18. The molecule has 162 valence electrons. The van der Waals surface area contributed by atoms with Crippen LogP contribution in [0.1, 0.15) is 22.3 Å². The zero-order valence-corrected chi connectivity index (χ0v) is 18.3. The van der Waals surface area contributed by atoms with Crippen LogP contribution >= 0.6 is 0 Å². The summed E-state index contributed by atoms with van der Waals surface area (Å²) in [7, 11) is 5.83. The molecule has 0 aliphatic carbocycles. The molecule has 0 radical (unpaired) electrons. The van der Waals surface area contributed by atoms with Gasteiger partial charge in [0.2, 0.25) is 0 Å². The maximum absolute atomic E-state index is 12.6. The molecule has 0 aliphatic rings. The van der Waals surface area contributed by atoms with Crippen molar-refractivity contribution in [1.29, 1.82) is 0 Å². The van der Waals surface area contributed by atoms with E-state index in [1.54, 1.807) is 55.3 Å². The Labute approximate surface area is 182 Å². The third kappa shape index (κ3) is 5.58. The van der Waals surface area contributed by atoms with Gasteiger partial charge in [-0.15, -0.1) is 0 Å². The average molecular weight is 421 g/mol. The molecule has 31 heavy (non-hydrogen) atoms. The number of phenolic OH excluding ortho intramolecular Hbond substituents is 1. The number of benzene rings is 2. The number of H-pyrrole nitrogens is 1. The van der Waals surface area contributed by atoms with E-state index in [9.17, 15) is 14.7 Å². The maximum atomic E-state index is 12.6. The monoisotopic (exact) mass is 420 g/mol. The fourth-order valence-corrected chi connectivity index (χ4v) is 3.31. The summed E-state index contributed by atoms with van der Waals surface area (Å²) >= 11 is 0. The number of aryl methyl sites for hydroxylation is 1. The molecule has 2 aromatic carbocycles. The Balaban J connectivity index is 1.81. The number of phenols is 1. The lowest BCUT2D eigenvalue weighted by atomic mass is 10.0. The van der Waals surface area contributed by atoms with Crippen molar-refractivity contribution in [3.63, 3.8) is 0 Å². The molecule has 0 bridgehead atoms. The largest absolute Gasteiger partial charge is 0.508 e. The quantitative estimate of drug-likeness (QED) is 0.613. The van der Waals surface area contributed by atoms with Crippen LogP contribution in [0.25, 0.3) is 22.5 Å². The minimum atomic E-state index is -0.459. The van der Waals surface area contributed by atoms with Crippen LogP contribution in [0.5, 0.6) is 5.75 Å². The van der Waals surface area contributed by atoms with E-state index in [0.29, 0.717) is 29.1 Å². The van der Waals surface area contributed by atoms with Gasteiger partial charge in [0.25, 0.3) is 5.91 Å². The molecule has 0 saturated carbocycles. The number of aromatic nitrogens is 2. The third-order valence-electron chi connectivity index (χ3n) is 5.13. The summed E-state index contributed by atoms with van der Waals surface area (Å²) in [5.74, 6) is 0.162. The second-order valence-corrected chi connectivity index (χ2v) is 7.95. The van der Waals surface area contributed by atoms with E-state index >= 15 is 0 Å². The van der Waals surface area contributed by atoms with Crippen molar-refractivity contribution in [3.8, 4) is 28.3 Å². The van der Waals surface area contributed by atoms with Crippen LogP contribution in [0.3, 0.4) is 0 Å². The van der Waals surface area contributed by atoms with Crippen LogP contribution in [-0.2, 0) is 0 Å². The summed E-state index contributed by atoms with van der Waals surface area (Å²) in [6.07, 6.45) is 0.908. The molecular formula is C24H28N4O3. The first kappa shape index (κ1) is 22.2. The van der Waals surface area contributed by atoms with Crippen molar-refractivity contribution in [1.82, 2.24) is 19.8 Å². The normalized spacial score (nSPS) is 11.0. The van der Waals surface area contributed by atoms with Gasteiger partial charge in [-0.25, -0.2) is 4.79 Å². The minimum absolute atomic E-state index is 0.0335. The van der Waals surface area contributed by atoms with Gasteiger partial charge in [0.1, 0.15) is 5.75 Å². The van der Waals surface area contributed by atoms with Crippen molar-refractivity contribution in [3.05, 3.63) is 70.1 Å². The van der Waals surface area contributed by atoms with E-state index in [0.717, 1.165) is 24.1 Å². The Morgan fingerprint density at radius 1 is 1.00 bits per heavy atom. The predicted molar refractivity (Wildman–Crippen MR) is 122 cm³/mol. The fraction of sp³-hybridized carbons (Fsp3) is 0.292. The highest BCUT2D eigenvalue weighted by Crippen LogP contribution is 2.26. The number of carbonyl (C=O) groups is 1.